The summed E-state index contributed by atoms with van der Waals surface area (Å²) in [6.45, 7) is 0. The Balaban J connectivity index is 1.03. The van der Waals surface area contributed by atoms with Crippen LogP contribution in [0.2, 0.25) is 0 Å². The van der Waals surface area contributed by atoms with Crippen LogP contribution in [0.15, 0.2) is 107 Å². The summed E-state index contributed by atoms with van der Waals surface area (Å²) in [6, 6.07) is 31.2. The molecule has 0 heterocycles. The van der Waals surface area contributed by atoms with Crippen LogP contribution in [0.1, 0.15) is 11.1 Å². The van der Waals surface area contributed by atoms with Gasteiger partial charge in [0, 0.05) is 32.7 Å². The summed E-state index contributed by atoms with van der Waals surface area (Å²) in [7, 11) is 0. The van der Waals surface area contributed by atoms with Crippen molar-refractivity contribution in [3.8, 4) is 11.5 Å². The summed E-state index contributed by atoms with van der Waals surface area (Å²) in [4.78, 5) is 12.4. The first kappa shape index (κ1) is 23.9. The molecule has 8 rings (SSSR count). The number of benzene rings is 8. The molecule has 4 N–H and O–H groups in total. The molecule has 0 aromatic heterocycles. The molecule has 0 unspecified atom stereocenters. The van der Waals surface area contributed by atoms with Gasteiger partial charge in [0.15, 0.2) is 0 Å². The Kier molecular flexibility index (Phi) is 5.14. The molecule has 0 radical (unpaired) electrons. The summed E-state index contributed by atoms with van der Waals surface area (Å²) in [5.74, 6) is 0.184. The zero-order valence-electron chi connectivity index (χ0n) is 22.1. The zero-order chi connectivity index (χ0) is 28.4. The third-order valence-electron chi connectivity index (χ3n) is 8.04. The third-order valence-corrected chi connectivity index (χ3v) is 8.04. The number of carbonyl (C=O) groups is 1. The average Bonchev–Trinajstić information content (AvgIpc) is 3.01. The van der Waals surface area contributed by atoms with Crippen LogP contribution < -0.4 is 10.9 Å². The Labute approximate surface area is 238 Å². The monoisotopic (exact) mass is 546 g/mol. The van der Waals surface area contributed by atoms with Crippen molar-refractivity contribution in [1.29, 1.82) is 0 Å². The molecule has 7 heteroatoms. The third kappa shape index (κ3) is 3.57. The standard InChI is InChI=1S/C35H22N4O3/c40-33-25(15-23-9-7-19-3-1-5-21-11-13-27(33)31(23)29(19)21)17-36-38-35(42)39-37-18-26-16-24-10-8-20-4-2-6-22-12-14-28(34(26)41)32(24)30(20)22/h1-18,40-41H,(H2,38,39,42)/b36-17+,37-18+. The smallest absolute Gasteiger partial charge is 0.355 e. The van der Waals surface area contributed by atoms with Gasteiger partial charge in [-0.2, -0.15) is 10.2 Å². The molecule has 0 aliphatic heterocycles. The number of hydrogen-bond donors (Lipinski definition) is 4. The van der Waals surface area contributed by atoms with Gasteiger partial charge in [-0.05, 0) is 67.4 Å². The van der Waals surface area contributed by atoms with Crippen molar-refractivity contribution in [1.82, 2.24) is 10.9 Å². The van der Waals surface area contributed by atoms with Crippen molar-refractivity contribution >= 4 is 83.1 Å². The fourth-order valence-electron chi connectivity index (χ4n) is 6.18. The van der Waals surface area contributed by atoms with Gasteiger partial charge in [-0.1, -0.05) is 72.8 Å². The molecule has 42 heavy (non-hydrogen) atoms. The SMILES string of the molecule is O=C(N/N=C/c1cc2ccc3cccc4ccc(c1O)c2c34)N/N=C/c1cc2ccc3cccc4ccc(c1O)c2c34. The van der Waals surface area contributed by atoms with E-state index in [9.17, 15) is 15.0 Å². The van der Waals surface area contributed by atoms with Crippen LogP contribution in [0.4, 0.5) is 4.79 Å². The molecule has 0 aliphatic carbocycles. The first-order chi connectivity index (χ1) is 20.6. The number of hydrazone groups is 2. The molecule has 0 bridgehead atoms. The Morgan fingerprint density at radius 3 is 1.33 bits per heavy atom. The van der Waals surface area contributed by atoms with E-state index in [4.69, 9.17) is 0 Å². The first-order valence-corrected chi connectivity index (χ1v) is 13.5. The van der Waals surface area contributed by atoms with E-state index >= 15 is 0 Å². The fourth-order valence-corrected chi connectivity index (χ4v) is 6.18. The van der Waals surface area contributed by atoms with E-state index in [1.54, 1.807) is 0 Å². The van der Waals surface area contributed by atoms with E-state index in [1.165, 1.54) is 12.4 Å². The van der Waals surface area contributed by atoms with Gasteiger partial charge in [0.2, 0.25) is 0 Å². The van der Waals surface area contributed by atoms with E-state index in [1.807, 2.05) is 60.7 Å². The lowest BCUT2D eigenvalue weighted by molar-refractivity contribution is 0.242. The molecule has 200 valence electrons. The molecular weight excluding hydrogens is 524 g/mol. The molecule has 8 aromatic rings. The lowest BCUT2D eigenvalue weighted by Gasteiger charge is -2.13. The van der Waals surface area contributed by atoms with E-state index in [2.05, 4.69) is 57.5 Å². The molecule has 8 aromatic carbocycles. The number of aromatic hydroxyl groups is 2. The number of carbonyl (C=O) groups excluding carboxylic acids is 1. The van der Waals surface area contributed by atoms with Crippen LogP contribution in [0, 0.1) is 0 Å². The quantitative estimate of drug-likeness (QED) is 0.104. The van der Waals surface area contributed by atoms with Gasteiger partial charge in [0.05, 0.1) is 12.4 Å². The highest BCUT2D eigenvalue weighted by Gasteiger charge is 2.15. The van der Waals surface area contributed by atoms with Crippen molar-refractivity contribution in [3.05, 3.63) is 108 Å². The van der Waals surface area contributed by atoms with Crippen molar-refractivity contribution in [2.45, 2.75) is 0 Å². The molecule has 0 saturated heterocycles. The zero-order valence-corrected chi connectivity index (χ0v) is 22.1. The topological polar surface area (TPSA) is 106 Å². The normalized spacial score (nSPS) is 12.4. The van der Waals surface area contributed by atoms with Crippen LogP contribution >= 0.6 is 0 Å². The molecule has 0 fully saturated rings. The molecule has 0 atom stereocenters. The lowest BCUT2D eigenvalue weighted by atomic mass is 9.92. The van der Waals surface area contributed by atoms with Crippen molar-refractivity contribution in [2.75, 3.05) is 0 Å². The van der Waals surface area contributed by atoms with Crippen LogP contribution in [0.3, 0.4) is 0 Å². The number of urea groups is 1. The number of amides is 2. The number of phenolic OH excluding ortho intramolecular Hbond substituents is 2. The van der Waals surface area contributed by atoms with Crippen molar-refractivity contribution in [3.63, 3.8) is 0 Å². The summed E-state index contributed by atoms with van der Waals surface area (Å²) in [6.07, 6.45) is 2.80. The summed E-state index contributed by atoms with van der Waals surface area (Å²) in [5.41, 5.74) is 5.69. The second-order valence-electron chi connectivity index (χ2n) is 10.4. The average molecular weight is 547 g/mol. The van der Waals surface area contributed by atoms with Gasteiger partial charge in [-0.3, -0.25) is 0 Å². The van der Waals surface area contributed by atoms with E-state index in [-0.39, 0.29) is 11.5 Å². The Morgan fingerprint density at radius 2 is 0.905 bits per heavy atom. The fraction of sp³-hybridized carbons (Fsp3) is 0. The van der Waals surface area contributed by atoms with E-state index < -0.39 is 6.03 Å². The number of nitrogens with one attached hydrogen (secondary N) is 2. The highest BCUT2D eigenvalue weighted by Crippen LogP contribution is 2.41. The predicted octanol–water partition coefficient (Wildman–Crippen LogP) is 7.56. The molecular formula is C35H22N4O3. The van der Waals surface area contributed by atoms with E-state index in [0.29, 0.717) is 11.1 Å². The maximum Gasteiger partial charge on any atom is 0.355 e. The minimum Gasteiger partial charge on any atom is -0.507 e. The lowest BCUT2D eigenvalue weighted by Crippen LogP contribution is -2.28. The van der Waals surface area contributed by atoms with Crippen LogP contribution in [0.25, 0.3) is 64.6 Å². The number of phenols is 2. The van der Waals surface area contributed by atoms with Crippen LogP contribution in [-0.2, 0) is 0 Å². The maximum absolute atomic E-state index is 12.4. The highest BCUT2D eigenvalue weighted by atomic mass is 16.3. The minimum absolute atomic E-state index is 0.0921. The summed E-state index contributed by atoms with van der Waals surface area (Å²) >= 11 is 0. The second kappa shape index (κ2) is 9.04. The Hall–Kier alpha value is -5.95. The predicted molar refractivity (Wildman–Crippen MR) is 170 cm³/mol. The second-order valence-corrected chi connectivity index (χ2v) is 10.4. The van der Waals surface area contributed by atoms with Gasteiger partial charge in [-0.25, -0.2) is 15.6 Å². The molecule has 0 aliphatic rings. The largest absolute Gasteiger partial charge is 0.507 e. The number of hydrogen-bond acceptors (Lipinski definition) is 5. The molecule has 2 amide bonds. The Bertz CT molecular complexity index is 2210. The van der Waals surface area contributed by atoms with Crippen LogP contribution in [0.5, 0.6) is 11.5 Å². The minimum atomic E-state index is -0.670. The summed E-state index contributed by atoms with van der Waals surface area (Å²) < 4.78 is 0. The molecule has 0 spiro atoms. The van der Waals surface area contributed by atoms with Gasteiger partial charge in [0.25, 0.3) is 0 Å². The Morgan fingerprint density at radius 1 is 0.524 bits per heavy atom. The summed E-state index contributed by atoms with van der Waals surface area (Å²) in [5, 5.41) is 42.0. The molecule has 0 saturated carbocycles. The van der Waals surface area contributed by atoms with Gasteiger partial charge < -0.3 is 10.2 Å². The van der Waals surface area contributed by atoms with Gasteiger partial charge in [-0.15, -0.1) is 0 Å². The van der Waals surface area contributed by atoms with Gasteiger partial charge >= 0.3 is 6.03 Å². The first-order valence-electron chi connectivity index (χ1n) is 13.5. The van der Waals surface area contributed by atoms with Crippen molar-refractivity contribution in [2.24, 2.45) is 10.2 Å². The maximum atomic E-state index is 12.4. The number of nitrogens with zero attached hydrogens (tertiary/aromatic N) is 2. The molecule has 7 nitrogen and oxygen atoms in total. The van der Waals surface area contributed by atoms with Crippen molar-refractivity contribution < 1.29 is 15.0 Å². The van der Waals surface area contributed by atoms with E-state index in [0.717, 1.165) is 64.6 Å². The van der Waals surface area contributed by atoms with Crippen LogP contribution in [-0.4, -0.2) is 28.7 Å². The van der Waals surface area contributed by atoms with Gasteiger partial charge in [0.1, 0.15) is 11.5 Å². The highest BCUT2D eigenvalue weighted by molar-refractivity contribution is 6.26. The number of rotatable bonds is 4.